The smallest absolute Gasteiger partial charge is 0.259 e. The van der Waals surface area contributed by atoms with Crippen LogP contribution in [0.4, 0.5) is 5.69 Å². The molecule has 0 radical (unpaired) electrons. The quantitative estimate of drug-likeness (QED) is 0.635. The summed E-state index contributed by atoms with van der Waals surface area (Å²) < 4.78 is 6.18. The number of halogens is 1. The number of hydrogen-bond acceptors (Lipinski definition) is 4. The van der Waals surface area contributed by atoms with E-state index in [9.17, 15) is 9.59 Å². The average Bonchev–Trinajstić information content (AvgIpc) is 3.05. The average molecular weight is 442 g/mol. The molecule has 0 aliphatic rings. The van der Waals surface area contributed by atoms with Crippen LogP contribution in [-0.2, 0) is 4.79 Å². The molecule has 0 saturated heterocycles. The van der Waals surface area contributed by atoms with Crippen LogP contribution in [-0.4, -0.2) is 35.5 Å². The molecule has 0 aliphatic carbocycles. The van der Waals surface area contributed by atoms with Gasteiger partial charge in [0.2, 0.25) is 5.91 Å². The maximum absolute atomic E-state index is 13.0. The number of hydrogen-bond donors (Lipinski definition) is 1. The van der Waals surface area contributed by atoms with Gasteiger partial charge in [-0.05, 0) is 37.6 Å². The summed E-state index contributed by atoms with van der Waals surface area (Å²) in [6.45, 7) is 3.50. The Morgan fingerprint density at radius 3 is 2.54 bits per heavy atom. The van der Waals surface area contributed by atoms with E-state index in [1.807, 2.05) is 55.5 Å². The Kier molecular flexibility index (Phi) is 5.94. The van der Waals surface area contributed by atoms with Crippen molar-refractivity contribution in [3.8, 4) is 11.3 Å². The number of likely N-dealkylation sites (N-methyl/N-ethyl adjacent to an activating group) is 1. The first-order chi connectivity index (χ1) is 13.4. The van der Waals surface area contributed by atoms with Gasteiger partial charge in [-0.2, -0.15) is 0 Å². The first-order valence-corrected chi connectivity index (χ1v) is 9.49. The first-order valence-electron chi connectivity index (χ1n) is 8.70. The molecule has 28 heavy (non-hydrogen) atoms. The molecule has 7 heteroatoms. The summed E-state index contributed by atoms with van der Waals surface area (Å²) in [6, 6.07) is 14.9. The van der Waals surface area contributed by atoms with E-state index in [1.165, 1.54) is 4.90 Å². The van der Waals surface area contributed by atoms with Crippen LogP contribution in [0.5, 0.6) is 0 Å². The van der Waals surface area contributed by atoms with Crippen LogP contribution in [0.2, 0.25) is 0 Å². The Hall–Kier alpha value is -2.93. The molecular formula is C21H20BrN3O3. The van der Waals surface area contributed by atoms with Crippen molar-refractivity contribution in [1.29, 1.82) is 0 Å². The lowest BCUT2D eigenvalue weighted by Gasteiger charge is -2.17. The molecule has 0 aliphatic heterocycles. The molecule has 0 saturated carbocycles. The molecule has 0 spiro atoms. The van der Waals surface area contributed by atoms with Crippen molar-refractivity contribution in [2.24, 2.45) is 0 Å². The summed E-state index contributed by atoms with van der Waals surface area (Å²) in [5.41, 5.74) is 3.25. The summed E-state index contributed by atoms with van der Waals surface area (Å²) in [5.74, 6) is -0.184. The lowest BCUT2D eigenvalue weighted by atomic mass is 10.1. The van der Waals surface area contributed by atoms with Crippen LogP contribution in [0.25, 0.3) is 11.3 Å². The van der Waals surface area contributed by atoms with E-state index in [2.05, 4.69) is 26.4 Å². The number of aromatic nitrogens is 1. The summed E-state index contributed by atoms with van der Waals surface area (Å²) in [7, 11) is 1.58. The maximum Gasteiger partial charge on any atom is 0.259 e. The summed E-state index contributed by atoms with van der Waals surface area (Å²) in [6.07, 6.45) is 0. The van der Waals surface area contributed by atoms with Gasteiger partial charge in [-0.3, -0.25) is 9.59 Å². The van der Waals surface area contributed by atoms with Crippen molar-refractivity contribution in [1.82, 2.24) is 10.1 Å². The fourth-order valence-electron chi connectivity index (χ4n) is 2.85. The number of nitrogens with zero attached hydrogens (tertiary/aromatic N) is 2. The minimum atomic E-state index is -0.319. The van der Waals surface area contributed by atoms with Gasteiger partial charge < -0.3 is 14.7 Å². The van der Waals surface area contributed by atoms with Gasteiger partial charge in [-0.1, -0.05) is 51.4 Å². The van der Waals surface area contributed by atoms with Crippen LogP contribution < -0.4 is 5.32 Å². The van der Waals surface area contributed by atoms with Crippen molar-refractivity contribution in [3.05, 3.63) is 69.9 Å². The number of aryl methyl sites for hydroxylation is 2. The lowest BCUT2D eigenvalue weighted by Crippen LogP contribution is -2.35. The molecule has 3 rings (SSSR count). The molecule has 0 fully saturated rings. The minimum Gasteiger partial charge on any atom is -0.360 e. The number of carbonyl (C=O) groups is 2. The number of carbonyl (C=O) groups excluding carboxylic acids is 2. The number of anilines is 1. The second kappa shape index (κ2) is 8.39. The van der Waals surface area contributed by atoms with Crippen LogP contribution in [0, 0.1) is 13.8 Å². The van der Waals surface area contributed by atoms with E-state index < -0.39 is 0 Å². The van der Waals surface area contributed by atoms with E-state index in [1.54, 1.807) is 14.0 Å². The lowest BCUT2D eigenvalue weighted by molar-refractivity contribution is -0.116. The van der Waals surface area contributed by atoms with Gasteiger partial charge in [0, 0.05) is 22.8 Å². The molecule has 0 atom stereocenters. The highest BCUT2D eigenvalue weighted by atomic mass is 79.9. The Morgan fingerprint density at radius 1 is 1.14 bits per heavy atom. The van der Waals surface area contributed by atoms with Gasteiger partial charge in [0.15, 0.2) is 0 Å². The molecule has 3 aromatic rings. The normalized spacial score (nSPS) is 10.6. The third kappa shape index (κ3) is 4.31. The zero-order valence-corrected chi connectivity index (χ0v) is 17.4. The van der Waals surface area contributed by atoms with Crippen molar-refractivity contribution in [2.75, 3.05) is 18.9 Å². The Balaban J connectivity index is 1.75. The van der Waals surface area contributed by atoms with Crippen molar-refractivity contribution in [3.63, 3.8) is 0 Å². The van der Waals surface area contributed by atoms with Gasteiger partial charge in [-0.25, -0.2) is 0 Å². The largest absolute Gasteiger partial charge is 0.360 e. The Morgan fingerprint density at radius 2 is 1.86 bits per heavy atom. The van der Waals surface area contributed by atoms with E-state index >= 15 is 0 Å². The predicted molar refractivity (Wildman–Crippen MR) is 111 cm³/mol. The molecule has 1 heterocycles. The summed E-state index contributed by atoms with van der Waals surface area (Å²) in [4.78, 5) is 26.7. The molecular weight excluding hydrogens is 422 g/mol. The van der Waals surface area contributed by atoms with E-state index in [0.29, 0.717) is 22.7 Å². The second-order valence-corrected chi connectivity index (χ2v) is 7.41. The summed E-state index contributed by atoms with van der Waals surface area (Å²) >= 11 is 3.40. The molecule has 1 aromatic heterocycles. The van der Waals surface area contributed by atoms with Gasteiger partial charge >= 0.3 is 0 Å². The van der Waals surface area contributed by atoms with Crippen LogP contribution in [0.15, 0.2) is 57.5 Å². The van der Waals surface area contributed by atoms with Crippen LogP contribution in [0.3, 0.4) is 0 Å². The Bertz CT molecular complexity index is 1010. The molecule has 2 amide bonds. The second-order valence-electron chi connectivity index (χ2n) is 6.50. The van der Waals surface area contributed by atoms with Gasteiger partial charge in [-0.15, -0.1) is 0 Å². The SMILES string of the molecule is Cc1cc(Br)ccc1NC(=O)CN(C)C(=O)c1c(-c2ccccc2)noc1C. The fourth-order valence-corrected chi connectivity index (χ4v) is 3.33. The van der Waals surface area contributed by atoms with Crippen molar-refractivity contribution in [2.45, 2.75) is 13.8 Å². The molecule has 6 nitrogen and oxygen atoms in total. The van der Waals surface area contributed by atoms with E-state index in [4.69, 9.17) is 4.52 Å². The van der Waals surface area contributed by atoms with Crippen LogP contribution in [0.1, 0.15) is 21.7 Å². The topological polar surface area (TPSA) is 75.4 Å². The monoisotopic (exact) mass is 441 g/mol. The van der Waals surface area contributed by atoms with Crippen molar-refractivity contribution < 1.29 is 14.1 Å². The molecule has 0 unspecified atom stereocenters. The molecule has 0 bridgehead atoms. The third-order valence-corrected chi connectivity index (χ3v) is 4.81. The highest BCUT2D eigenvalue weighted by Crippen LogP contribution is 2.26. The van der Waals surface area contributed by atoms with E-state index in [0.717, 1.165) is 15.6 Å². The number of amides is 2. The fraction of sp³-hybridized carbons (Fsp3) is 0.190. The van der Waals surface area contributed by atoms with Gasteiger partial charge in [0.25, 0.3) is 5.91 Å². The molecule has 144 valence electrons. The van der Waals surface area contributed by atoms with Crippen molar-refractivity contribution >= 4 is 33.4 Å². The zero-order chi connectivity index (χ0) is 20.3. The standard InChI is InChI=1S/C21H20BrN3O3/c1-13-11-16(22)9-10-17(13)23-18(26)12-25(3)21(27)19-14(2)28-24-20(19)15-7-5-4-6-8-15/h4-11H,12H2,1-3H3,(H,23,26). The maximum atomic E-state index is 13.0. The number of rotatable bonds is 5. The number of nitrogens with one attached hydrogen (secondary N) is 1. The minimum absolute atomic E-state index is 0.0901. The first kappa shape index (κ1) is 19.8. The highest BCUT2D eigenvalue weighted by Gasteiger charge is 2.25. The third-order valence-electron chi connectivity index (χ3n) is 4.31. The van der Waals surface area contributed by atoms with Crippen LogP contribution >= 0.6 is 15.9 Å². The van der Waals surface area contributed by atoms with Gasteiger partial charge in [0.05, 0.1) is 6.54 Å². The van der Waals surface area contributed by atoms with E-state index in [-0.39, 0.29) is 18.4 Å². The number of benzene rings is 2. The Labute approximate surface area is 171 Å². The summed E-state index contributed by atoms with van der Waals surface area (Å²) in [5, 5.41) is 6.87. The zero-order valence-electron chi connectivity index (χ0n) is 15.8. The predicted octanol–water partition coefficient (Wildman–Crippen LogP) is 4.43. The molecule has 1 N–H and O–H groups in total. The van der Waals surface area contributed by atoms with Gasteiger partial charge in [0.1, 0.15) is 17.0 Å². The molecule has 2 aromatic carbocycles. The highest BCUT2D eigenvalue weighted by molar-refractivity contribution is 9.10.